The van der Waals surface area contributed by atoms with E-state index in [-0.39, 0.29) is 17.6 Å². The van der Waals surface area contributed by atoms with Gasteiger partial charge in [-0.05, 0) is 25.7 Å². The normalized spacial score (nSPS) is 14.5. The highest BCUT2D eigenvalue weighted by Crippen LogP contribution is 2.14. The van der Waals surface area contributed by atoms with Gasteiger partial charge in [-0.1, -0.05) is 6.08 Å². The number of hydroxylamine groups is 2. The Kier molecular flexibility index (Phi) is 5.91. The fourth-order valence-corrected chi connectivity index (χ4v) is 1.25. The molecule has 0 saturated heterocycles. The third-order valence-electron chi connectivity index (χ3n) is 2.05. The second-order valence-electron chi connectivity index (χ2n) is 3.28. The maximum absolute atomic E-state index is 10.4. The van der Waals surface area contributed by atoms with Crippen LogP contribution in [0.4, 0.5) is 4.79 Å². The molecule has 0 radical (unpaired) electrons. The molecule has 0 aliphatic carbocycles. The predicted molar refractivity (Wildman–Crippen MR) is 51.1 cm³/mol. The quantitative estimate of drug-likeness (QED) is 0.345. The van der Waals surface area contributed by atoms with Crippen molar-refractivity contribution in [3.05, 3.63) is 12.7 Å². The molecule has 0 fully saturated rings. The second kappa shape index (κ2) is 6.39. The van der Waals surface area contributed by atoms with Crippen LogP contribution in [0.3, 0.4) is 0 Å². The summed E-state index contributed by atoms with van der Waals surface area (Å²) >= 11 is 0. The molecule has 0 heterocycles. The summed E-state index contributed by atoms with van der Waals surface area (Å²) in [5.74, 6) is -0.0588. The summed E-state index contributed by atoms with van der Waals surface area (Å²) in [5, 5.41) is 26.7. The summed E-state index contributed by atoms with van der Waals surface area (Å²) in [6.07, 6.45) is 1.29. The Morgan fingerprint density at radius 1 is 1.64 bits per heavy atom. The minimum Gasteiger partial charge on any atom is -0.463 e. The van der Waals surface area contributed by atoms with E-state index in [1.807, 2.05) is 0 Å². The third kappa shape index (κ3) is 4.25. The van der Waals surface area contributed by atoms with Crippen molar-refractivity contribution < 1.29 is 20.2 Å². The molecule has 0 aromatic heterocycles. The lowest BCUT2D eigenvalue weighted by molar-refractivity contribution is -0.0972. The molecule has 0 saturated carbocycles. The van der Waals surface area contributed by atoms with Crippen molar-refractivity contribution >= 4 is 6.09 Å². The first-order valence-corrected chi connectivity index (χ1v) is 4.45. The summed E-state index contributed by atoms with van der Waals surface area (Å²) in [7, 11) is 0. The molecule has 0 unspecified atom stereocenters. The first-order valence-electron chi connectivity index (χ1n) is 4.45. The lowest BCUT2D eigenvalue weighted by Gasteiger charge is -2.22. The Balaban J connectivity index is 4.06. The van der Waals surface area contributed by atoms with Gasteiger partial charge < -0.3 is 10.2 Å². The fraction of sp³-hybridized carbons (Fsp3) is 0.667. The third-order valence-corrected chi connectivity index (χ3v) is 2.05. The van der Waals surface area contributed by atoms with E-state index in [2.05, 4.69) is 6.58 Å². The minimum atomic E-state index is -1.38. The van der Waals surface area contributed by atoms with Crippen molar-refractivity contribution in [1.82, 2.24) is 5.06 Å². The highest BCUT2D eigenvalue weighted by atomic mass is 16.6. The first-order chi connectivity index (χ1) is 6.52. The fourth-order valence-electron chi connectivity index (χ4n) is 1.25. The molecule has 0 aliphatic rings. The van der Waals surface area contributed by atoms with Crippen LogP contribution < -0.4 is 0 Å². The van der Waals surface area contributed by atoms with E-state index < -0.39 is 12.1 Å². The van der Waals surface area contributed by atoms with Crippen LogP contribution in [0.2, 0.25) is 0 Å². The molecule has 3 N–H and O–H groups in total. The number of aliphatic hydroxyl groups is 1. The molecule has 5 heteroatoms. The molecule has 0 bridgehead atoms. The average Bonchev–Trinajstić information content (AvgIpc) is 2.15. The molecule has 14 heavy (non-hydrogen) atoms. The van der Waals surface area contributed by atoms with Gasteiger partial charge in [0.25, 0.3) is 0 Å². The number of rotatable bonds is 6. The summed E-state index contributed by atoms with van der Waals surface area (Å²) < 4.78 is 0. The number of carbonyl (C=O) groups is 1. The number of nitrogens with zero attached hydrogens (tertiary/aromatic N) is 1. The summed E-state index contributed by atoms with van der Waals surface area (Å²) in [6, 6.07) is -0.524. The average molecular weight is 203 g/mol. The maximum Gasteiger partial charge on any atom is 0.431 e. The molecule has 0 aromatic rings. The SMILES string of the molecule is C=CC[C@@H](CO)C[C@H](C)N(O)C(=O)O. The van der Waals surface area contributed by atoms with Crippen molar-refractivity contribution in [2.75, 3.05) is 6.61 Å². The van der Waals surface area contributed by atoms with Crippen LogP contribution in [0.25, 0.3) is 0 Å². The molecular formula is C9H17NO4. The summed E-state index contributed by atoms with van der Waals surface area (Å²) in [6.45, 7) is 5.08. The van der Waals surface area contributed by atoms with Gasteiger partial charge in [-0.25, -0.2) is 4.79 Å². The molecule has 0 spiro atoms. The highest BCUT2D eigenvalue weighted by Gasteiger charge is 2.20. The largest absolute Gasteiger partial charge is 0.463 e. The smallest absolute Gasteiger partial charge is 0.431 e. The van der Waals surface area contributed by atoms with Gasteiger partial charge in [-0.3, -0.25) is 5.21 Å². The Hall–Kier alpha value is -1.07. The van der Waals surface area contributed by atoms with E-state index in [1.54, 1.807) is 13.0 Å². The van der Waals surface area contributed by atoms with E-state index >= 15 is 0 Å². The van der Waals surface area contributed by atoms with Gasteiger partial charge in [0, 0.05) is 6.61 Å². The zero-order chi connectivity index (χ0) is 11.1. The van der Waals surface area contributed by atoms with Gasteiger partial charge in [0.05, 0.1) is 6.04 Å². The van der Waals surface area contributed by atoms with Crippen LogP contribution in [0, 0.1) is 5.92 Å². The lowest BCUT2D eigenvalue weighted by Crippen LogP contribution is -2.36. The van der Waals surface area contributed by atoms with Crippen LogP contribution in [-0.4, -0.2) is 39.2 Å². The van der Waals surface area contributed by atoms with Crippen molar-refractivity contribution in [2.24, 2.45) is 5.92 Å². The second-order valence-corrected chi connectivity index (χ2v) is 3.28. The van der Waals surface area contributed by atoms with Crippen LogP contribution in [0.1, 0.15) is 19.8 Å². The maximum atomic E-state index is 10.4. The number of aliphatic hydroxyl groups excluding tert-OH is 1. The highest BCUT2D eigenvalue weighted by molar-refractivity contribution is 5.63. The first kappa shape index (κ1) is 12.9. The molecule has 5 nitrogen and oxygen atoms in total. The predicted octanol–water partition coefficient (Wildman–Crippen LogP) is 1.32. The van der Waals surface area contributed by atoms with E-state index in [4.69, 9.17) is 15.4 Å². The van der Waals surface area contributed by atoms with Crippen molar-refractivity contribution in [3.8, 4) is 0 Å². The van der Waals surface area contributed by atoms with E-state index in [9.17, 15) is 4.79 Å². The molecule has 0 aliphatic heterocycles. The molecule has 0 aromatic carbocycles. The van der Waals surface area contributed by atoms with Crippen LogP contribution in [0.15, 0.2) is 12.7 Å². The van der Waals surface area contributed by atoms with Gasteiger partial charge >= 0.3 is 6.09 Å². The van der Waals surface area contributed by atoms with Crippen molar-refractivity contribution in [3.63, 3.8) is 0 Å². The van der Waals surface area contributed by atoms with Crippen molar-refractivity contribution in [1.29, 1.82) is 0 Å². The molecule has 82 valence electrons. The van der Waals surface area contributed by atoms with Gasteiger partial charge in [-0.2, -0.15) is 5.06 Å². The minimum absolute atomic E-state index is 0.0379. The van der Waals surface area contributed by atoms with Gasteiger partial charge in [0.15, 0.2) is 0 Å². The Labute approximate surface area is 83.2 Å². The number of amides is 1. The summed E-state index contributed by atoms with van der Waals surface area (Å²) in [5.41, 5.74) is 0. The number of hydrogen-bond donors (Lipinski definition) is 3. The standard InChI is InChI=1S/C9H17NO4/c1-3-4-8(6-11)5-7(2)10(14)9(12)13/h3,7-8,11,14H,1,4-6H2,2H3,(H,12,13)/t7-,8+/m0/s1. The molecule has 0 rings (SSSR count). The Bertz CT molecular complexity index is 195. The van der Waals surface area contributed by atoms with E-state index in [1.165, 1.54) is 0 Å². The molecular weight excluding hydrogens is 186 g/mol. The number of allylic oxidation sites excluding steroid dienone is 1. The zero-order valence-electron chi connectivity index (χ0n) is 8.26. The van der Waals surface area contributed by atoms with E-state index in [0.29, 0.717) is 12.8 Å². The molecule has 2 atom stereocenters. The van der Waals surface area contributed by atoms with Crippen LogP contribution in [0.5, 0.6) is 0 Å². The molecule has 1 amide bonds. The van der Waals surface area contributed by atoms with Gasteiger partial charge in [0.2, 0.25) is 0 Å². The number of hydrogen-bond acceptors (Lipinski definition) is 3. The van der Waals surface area contributed by atoms with Gasteiger partial charge in [-0.15, -0.1) is 6.58 Å². The monoisotopic (exact) mass is 203 g/mol. The lowest BCUT2D eigenvalue weighted by atomic mass is 9.98. The zero-order valence-corrected chi connectivity index (χ0v) is 8.26. The Morgan fingerprint density at radius 3 is 2.57 bits per heavy atom. The topological polar surface area (TPSA) is 81.0 Å². The van der Waals surface area contributed by atoms with E-state index in [0.717, 1.165) is 0 Å². The summed E-state index contributed by atoms with van der Waals surface area (Å²) in [4.78, 5) is 10.4. The number of carboxylic acid groups (broad SMARTS) is 1. The van der Waals surface area contributed by atoms with Crippen LogP contribution >= 0.6 is 0 Å². The van der Waals surface area contributed by atoms with Crippen molar-refractivity contribution in [2.45, 2.75) is 25.8 Å². The Morgan fingerprint density at radius 2 is 2.21 bits per heavy atom. The van der Waals surface area contributed by atoms with Gasteiger partial charge in [0.1, 0.15) is 0 Å². The van der Waals surface area contributed by atoms with Crippen LogP contribution in [-0.2, 0) is 0 Å².